The molecule has 2 aromatic heterocycles. The zero-order chi connectivity index (χ0) is 21.8. The predicted octanol–water partition coefficient (Wildman–Crippen LogP) is 4.38. The Labute approximate surface area is 189 Å². The number of hydrogen-bond acceptors (Lipinski definition) is 5. The highest BCUT2D eigenvalue weighted by Gasteiger charge is 2.41. The third kappa shape index (κ3) is 3.30. The largest absolute Gasteiger partial charge is 0.356 e. The molecule has 32 heavy (non-hydrogen) atoms. The van der Waals surface area contributed by atoms with Gasteiger partial charge in [-0.15, -0.1) is 0 Å². The molecule has 2 atom stereocenters. The van der Waals surface area contributed by atoms with E-state index >= 15 is 0 Å². The van der Waals surface area contributed by atoms with E-state index in [4.69, 9.17) is 4.98 Å². The number of benzene rings is 1. The summed E-state index contributed by atoms with van der Waals surface area (Å²) in [7, 11) is 2.12. The van der Waals surface area contributed by atoms with Crippen LogP contribution in [0.4, 0.5) is 11.5 Å². The van der Waals surface area contributed by atoms with Gasteiger partial charge in [0.05, 0.1) is 23.4 Å². The molecule has 0 spiro atoms. The van der Waals surface area contributed by atoms with Crippen LogP contribution in [0.15, 0.2) is 59.0 Å². The quantitative estimate of drug-likeness (QED) is 0.667. The molecule has 6 rings (SSSR count). The molecule has 2 fully saturated rings. The first kappa shape index (κ1) is 19.6. The van der Waals surface area contributed by atoms with E-state index in [2.05, 4.69) is 44.9 Å². The first-order valence-corrected chi connectivity index (χ1v) is 11.6. The molecule has 1 N–H and O–H groups in total. The Balaban J connectivity index is 0.00000228. The van der Waals surface area contributed by atoms with Crippen LogP contribution in [0.5, 0.6) is 0 Å². The van der Waals surface area contributed by atoms with Gasteiger partial charge in [-0.05, 0) is 57.4 Å². The maximum absolute atomic E-state index is 13.3. The number of anilines is 2. The maximum Gasteiger partial charge on any atom is 0.193 e. The number of fused-ring (bicyclic) bond motifs is 2. The zero-order valence-corrected chi connectivity index (χ0v) is 18.7. The van der Waals surface area contributed by atoms with Gasteiger partial charge in [-0.1, -0.05) is 24.3 Å². The normalized spacial score (nSPS) is 22.7. The van der Waals surface area contributed by atoms with E-state index in [9.17, 15) is 4.79 Å². The third-order valence-electron chi connectivity index (χ3n) is 7.17. The van der Waals surface area contributed by atoms with Gasteiger partial charge in [-0.2, -0.15) is 0 Å². The fourth-order valence-corrected chi connectivity index (χ4v) is 5.33. The Morgan fingerprint density at radius 2 is 2.00 bits per heavy atom. The van der Waals surface area contributed by atoms with E-state index in [1.807, 2.05) is 31.2 Å². The molecular formula is C26H31N5O. The topological polar surface area (TPSA) is 53.4 Å². The molecule has 166 valence electrons. The van der Waals surface area contributed by atoms with E-state index in [-0.39, 0.29) is 6.86 Å². The summed E-state index contributed by atoms with van der Waals surface area (Å²) in [5.41, 5.74) is 4.99. The molecule has 1 saturated carbocycles. The molecule has 3 aromatic rings. The molecule has 1 saturated heterocycles. The van der Waals surface area contributed by atoms with Crippen molar-refractivity contribution in [1.82, 2.24) is 14.5 Å². The van der Waals surface area contributed by atoms with Gasteiger partial charge < -0.3 is 10.2 Å². The van der Waals surface area contributed by atoms with Crippen LogP contribution >= 0.6 is 0 Å². The van der Waals surface area contributed by atoms with Crippen molar-refractivity contribution in [2.75, 3.05) is 37.0 Å². The number of allylic oxidation sites excluding steroid dienone is 2. The van der Waals surface area contributed by atoms with Crippen LogP contribution in [0.3, 0.4) is 0 Å². The SMILES string of the molecule is Cc1nc2c(cc1N1CCN(C)C1)c(=O)cc(NC1=CCCC3CC13)n2-c1ccccc1.[HH]. The Kier molecular flexibility index (Phi) is 4.57. The van der Waals surface area contributed by atoms with Gasteiger partial charge in [0.1, 0.15) is 11.5 Å². The summed E-state index contributed by atoms with van der Waals surface area (Å²) >= 11 is 0. The second kappa shape index (κ2) is 7.48. The molecule has 0 bridgehead atoms. The molecule has 0 amide bonds. The van der Waals surface area contributed by atoms with Crippen molar-refractivity contribution < 1.29 is 1.43 Å². The number of nitrogens with zero attached hydrogens (tertiary/aromatic N) is 4. The first-order valence-electron chi connectivity index (χ1n) is 11.6. The number of rotatable bonds is 4. The highest BCUT2D eigenvalue weighted by atomic mass is 16.1. The van der Waals surface area contributed by atoms with Crippen molar-refractivity contribution in [3.8, 4) is 5.69 Å². The molecule has 2 aliphatic carbocycles. The van der Waals surface area contributed by atoms with E-state index in [0.29, 0.717) is 17.0 Å². The minimum Gasteiger partial charge on any atom is -0.356 e. The lowest BCUT2D eigenvalue weighted by atomic mass is 10.0. The van der Waals surface area contributed by atoms with Gasteiger partial charge in [-0.25, -0.2) is 4.98 Å². The van der Waals surface area contributed by atoms with Gasteiger partial charge >= 0.3 is 0 Å². The molecule has 3 heterocycles. The van der Waals surface area contributed by atoms with Crippen molar-refractivity contribution in [2.24, 2.45) is 11.8 Å². The van der Waals surface area contributed by atoms with Gasteiger partial charge in [0, 0.05) is 37.9 Å². The minimum atomic E-state index is 0. The van der Waals surface area contributed by atoms with Crippen molar-refractivity contribution in [2.45, 2.75) is 26.2 Å². The number of aryl methyl sites for hydroxylation is 1. The number of likely N-dealkylation sites (N-methyl/N-ethyl adjacent to an activating group) is 1. The fraction of sp³-hybridized carbons (Fsp3) is 0.385. The van der Waals surface area contributed by atoms with Crippen LogP contribution in [0.25, 0.3) is 16.7 Å². The molecular weight excluding hydrogens is 398 g/mol. The average molecular weight is 430 g/mol. The number of pyridine rings is 2. The molecule has 2 unspecified atom stereocenters. The smallest absolute Gasteiger partial charge is 0.193 e. The summed E-state index contributed by atoms with van der Waals surface area (Å²) < 4.78 is 2.11. The summed E-state index contributed by atoms with van der Waals surface area (Å²) in [5.74, 6) is 2.22. The summed E-state index contributed by atoms with van der Waals surface area (Å²) in [6.07, 6.45) is 5.96. The van der Waals surface area contributed by atoms with Gasteiger partial charge in [0.2, 0.25) is 0 Å². The van der Waals surface area contributed by atoms with Crippen LogP contribution in [0.1, 0.15) is 26.4 Å². The summed E-state index contributed by atoms with van der Waals surface area (Å²) in [5, 5.41) is 4.30. The summed E-state index contributed by atoms with van der Waals surface area (Å²) in [6, 6.07) is 14.0. The van der Waals surface area contributed by atoms with E-state index in [1.54, 1.807) is 6.07 Å². The lowest BCUT2D eigenvalue weighted by Gasteiger charge is -2.23. The number of hydrogen-bond donors (Lipinski definition) is 1. The molecule has 3 aliphatic rings. The predicted molar refractivity (Wildman–Crippen MR) is 132 cm³/mol. The number of nitrogens with one attached hydrogen (secondary N) is 1. The van der Waals surface area contributed by atoms with Crippen LogP contribution in [-0.4, -0.2) is 41.3 Å². The Hall–Kier alpha value is -3.12. The fourth-order valence-electron chi connectivity index (χ4n) is 5.33. The summed E-state index contributed by atoms with van der Waals surface area (Å²) in [4.78, 5) is 22.9. The number of aromatic nitrogens is 2. The van der Waals surface area contributed by atoms with Crippen molar-refractivity contribution >= 4 is 22.5 Å². The van der Waals surface area contributed by atoms with Crippen molar-refractivity contribution in [3.05, 3.63) is 70.2 Å². The van der Waals surface area contributed by atoms with Gasteiger partial charge in [-0.3, -0.25) is 14.3 Å². The number of para-hydroxylation sites is 1. The van der Waals surface area contributed by atoms with Gasteiger partial charge in [0.25, 0.3) is 0 Å². The highest BCUT2D eigenvalue weighted by molar-refractivity contribution is 5.84. The lowest BCUT2D eigenvalue weighted by molar-refractivity contribution is 0.421. The van der Waals surface area contributed by atoms with Crippen LogP contribution in [0, 0.1) is 18.8 Å². The molecule has 6 heteroatoms. The monoisotopic (exact) mass is 429 g/mol. The Morgan fingerprint density at radius 1 is 1.16 bits per heavy atom. The Morgan fingerprint density at radius 3 is 2.78 bits per heavy atom. The van der Waals surface area contributed by atoms with Crippen LogP contribution in [0.2, 0.25) is 0 Å². The standard InChI is InChI=1S/C26H29N5O.H2/c1-17-23(30-12-11-29(2)16-30)14-21-24(32)15-25(28-22-10-6-7-18-13-20(18)22)31(26(21)27-17)19-8-4-3-5-9-19;/h3-5,8-10,14-15,18,20,28H,6-7,11-13,16H2,1-2H3;1H. The van der Waals surface area contributed by atoms with E-state index < -0.39 is 0 Å². The van der Waals surface area contributed by atoms with Crippen LogP contribution < -0.4 is 15.6 Å². The second-order valence-electron chi connectivity index (χ2n) is 9.48. The van der Waals surface area contributed by atoms with Crippen molar-refractivity contribution in [1.29, 1.82) is 0 Å². The lowest BCUT2D eigenvalue weighted by Crippen LogP contribution is -2.24. The molecule has 1 aliphatic heterocycles. The Bertz CT molecular complexity index is 1290. The van der Waals surface area contributed by atoms with E-state index in [1.165, 1.54) is 18.5 Å². The third-order valence-corrected chi connectivity index (χ3v) is 7.17. The average Bonchev–Trinajstić information content (AvgIpc) is 3.47. The maximum atomic E-state index is 13.3. The highest BCUT2D eigenvalue weighted by Crippen LogP contribution is 2.50. The van der Waals surface area contributed by atoms with Gasteiger partial charge in [0.15, 0.2) is 5.43 Å². The molecule has 1 aromatic carbocycles. The zero-order valence-electron chi connectivity index (χ0n) is 18.7. The van der Waals surface area contributed by atoms with E-state index in [0.717, 1.165) is 55.0 Å². The minimum absolute atomic E-state index is 0. The van der Waals surface area contributed by atoms with Crippen molar-refractivity contribution in [3.63, 3.8) is 0 Å². The second-order valence-corrected chi connectivity index (χ2v) is 9.48. The molecule has 6 nitrogen and oxygen atoms in total. The first-order chi connectivity index (χ1) is 15.6. The van der Waals surface area contributed by atoms with Crippen LogP contribution in [-0.2, 0) is 0 Å². The molecule has 0 radical (unpaired) electrons. The summed E-state index contributed by atoms with van der Waals surface area (Å²) in [6.45, 7) is 4.88.